The van der Waals surface area contributed by atoms with E-state index in [1.165, 1.54) is 7.05 Å². The molecule has 0 saturated heterocycles. The standard InChI is InChI=1S/C9H10F3N3O/c1-6(9(10,11)12)7(5-14-2)8(16)15-4-3-13/h5H,4H2,1-2H3,(H,15,16). The number of allylic oxidation sites excluding steroid dienone is 1. The third kappa shape index (κ3) is 4.13. The summed E-state index contributed by atoms with van der Waals surface area (Å²) < 4.78 is 37.0. The second-order valence-corrected chi connectivity index (χ2v) is 2.76. The Labute approximate surface area is 90.5 Å². The highest BCUT2D eigenvalue weighted by Crippen LogP contribution is 2.27. The van der Waals surface area contributed by atoms with Gasteiger partial charge in [0.2, 0.25) is 0 Å². The lowest BCUT2D eigenvalue weighted by Gasteiger charge is -2.10. The highest BCUT2D eigenvalue weighted by molar-refractivity contribution is 6.13. The molecule has 4 nitrogen and oxygen atoms in total. The van der Waals surface area contributed by atoms with Crippen molar-refractivity contribution >= 4 is 12.1 Å². The monoisotopic (exact) mass is 233 g/mol. The van der Waals surface area contributed by atoms with Gasteiger partial charge in [-0.2, -0.15) is 18.4 Å². The van der Waals surface area contributed by atoms with Crippen LogP contribution in [-0.4, -0.2) is 31.9 Å². The molecule has 0 fully saturated rings. The zero-order chi connectivity index (χ0) is 12.8. The van der Waals surface area contributed by atoms with E-state index in [1.807, 2.05) is 5.32 Å². The molecule has 0 aliphatic carbocycles. The molecule has 0 atom stereocenters. The molecule has 0 saturated carbocycles. The lowest BCUT2D eigenvalue weighted by Crippen LogP contribution is -2.28. The Kier molecular flexibility index (Phi) is 5.22. The van der Waals surface area contributed by atoms with Crippen molar-refractivity contribution in [3.8, 4) is 6.07 Å². The largest absolute Gasteiger partial charge is 0.413 e. The summed E-state index contributed by atoms with van der Waals surface area (Å²) in [5.74, 6) is -0.970. The summed E-state index contributed by atoms with van der Waals surface area (Å²) in [6, 6.07) is 1.59. The molecule has 7 heteroatoms. The number of hydrogen-bond donors (Lipinski definition) is 1. The van der Waals surface area contributed by atoms with Crippen LogP contribution in [0.3, 0.4) is 0 Å². The molecule has 0 bridgehead atoms. The second-order valence-electron chi connectivity index (χ2n) is 2.76. The number of aliphatic imine (C=N–C) groups is 1. The van der Waals surface area contributed by atoms with Gasteiger partial charge in [0.1, 0.15) is 6.54 Å². The van der Waals surface area contributed by atoms with Crippen LogP contribution in [0.5, 0.6) is 0 Å². The molecule has 0 aliphatic heterocycles. The number of halogens is 3. The van der Waals surface area contributed by atoms with Crippen molar-refractivity contribution in [2.24, 2.45) is 4.99 Å². The van der Waals surface area contributed by atoms with E-state index in [0.29, 0.717) is 0 Å². The van der Waals surface area contributed by atoms with Crippen molar-refractivity contribution in [2.45, 2.75) is 13.1 Å². The predicted octanol–water partition coefficient (Wildman–Crippen LogP) is 1.21. The lowest BCUT2D eigenvalue weighted by atomic mass is 10.1. The summed E-state index contributed by atoms with van der Waals surface area (Å²) in [4.78, 5) is 14.6. The average molecular weight is 233 g/mol. The molecule has 0 radical (unpaired) electrons. The molecule has 16 heavy (non-hydrogen) atoms. The van der Waals surface area contributed by atoms with Crippen LogP contribution < -0.4 is 5.32 Å². The summed E-state index contributed by atoms with van der Waals surface area (Å²) in [6.07, 6.45) is -3.78. The number of hydrogen-bond acceptors (Lipinski definition) is 3. The van der Waals surface area contributed by atoms with Crippen LogP contribution in [-0.2, 0) is 4.79 Å². The molecule has 1 N–H and O–H groups in total. The fourth-order valence-corrected chi connectivity index (χ4v) is 0.823. The smallest absolute Gasteiger partial charge is 0.339 e. The number of nitrogens with zero attached hydrogens (tertiary/aromatic N) is 2. The summed E-state index contributed by atoms with van der Waals surface area (Å²) in [6.45, 7) is 0.425. The minimum Gasteiger partial charge on any atom is -0.339 e. The fraction of sp³-hybridized carbons (Fsp3) is 0.444. The van der Waals surface area contributed by atoms with Crippen LogP contribution in [0.4, 0.5) is 13.2 Å². The van der Waals surface area contributed by atoms with Crippen molar-refractivity contribution in [2.75, 3.05) is 13.6 Å². The van der Waals surface area contributed by atoms with Gasteiger partial charge in [-0.1, -0.05) is 0 Å². The number of carbonyl (C=O) groups is 1. The topological polar surface area (TPSA) is 65.2 Å². The maximum absolute atomic E-state index is 12.3. The Morgan fingerprint density at radius 1 is 1.56 bits per heavy atom. The van der Waals surface area contributed by atoms with Crippen LogP contribution in [0.25, 0.3) is 0 Å². The molecule has 0 aromatic rings. The Balaban J connectivity index is 5.17. The highest BCUT2D eigenvalue weighted by atomic mass is 19.4. The van der Waals surface area contributed by atoms with Gasteiger partial charge in [0.15, 0.2) is 0 Å². The molecule has 0 unspecified atom stereocenters. The number of nitrogens with one attached hydrogen (secondary N) is 1. The van der Waals surface area contributed by atoms with Gasteiger partial charge < -0.3 is 5.32 Å². The van der Waals surface area contributed by atoms with Gasteiger partial charge in [0.05, 0.1) is 11.6 Å². The average Bonchev–Trinajstić information content (AvgIpc) is 2.20. The zero-order valence-corrected chi connectivity index (χ0v) is 8.72. The van der Waals surface area contributed by atoms with Crippen molar-refractivity contribution in [3.63, 3.8) is 0 Å². The van der Waals surface area contributed by atoms with Crippen molar-refractivity contribution in [3.05, 3.63) is 11.1 Å². The molecule has 0 aromatic heterocycles. The van der Waals surface area contributed by atoms with Crippen molar-refractivity contribution in [1.82, 2.24) is 5.32 Å². The first-order valence-corrected chi connectivity index (χ1v) is 4.20. The molecule has 88 valence electrons. The number of carbonyl (C=O) groups excluding carboxylic acids is 1. The molecule has 1 amide bonds. The van der Waals surface area contributed by atoms with Crippen LogP contribution in [0, 0.1) is 11.3 Å². The first-order chi connectivity index (χ1) is 7.34. The lowest BCUT2D eigenvalue weighted by molar-refractivity contribution is -0.118. The first kappa shape index (κ1) is 14.2. The third-order valence-electron chi connectivity index (χ3n) is 1.66. The van der Waals surface area contributed by atoms with Gasteiger partial charge in [-0.05, 0) is 6.92 Å². The number of alkyl halides is 3. The number of nitriles is 1. The summed E-state index contributed by atoms with van der Waals surface area (Å²) in [5.41, 5.74) is -1.64. The molecule has 0 heterocycles. The van der Waals surface area contributed by atoms with Crippen LogP contribution in [0.1, 0.15) is 6.92 Å². The SMILES string of the molecule is CN=CC(C(=O)NCC#N)=C(C)C(F)(F)F. The zero-order valence-electron chi connectivity index (χ0n) is 8.72. The Morgan fingerprint density at radius 2 is 2.12 bits per heavy atom. The van der Waals surface area contributed by atoms with E-state index in [0.717, 1.165) is 13.1 Å². The van der Waals surface area contributed by atoms with Gasteiger partial charge in [0, 0.05) is 18.8 Å². The molecule has 0 aliphatic rings. The molecule has 0 rings (SSSR count). The highest BCUT2D eigenvalue weighted by Gasteiger charge is 2.34. The molecular formula is C9H10F3N3O. The van der Waals surface area contributed by atoms with Crippen LogP contribution >= 0.6 is 0 Å². The molecule has 0 spiro atoms. The summed E-state index contributed by atoms with van der Waals surface area (Å²) >= 11 is 0. The van der Waals surface area contributed by atoms with E-state index >= 15 is 0 Å². The van der Waals surface area contributed by atoms with E-state index in [4.69, 9.17) is 5.26 Å². The Bertz CT molecular complexity index is 363. The second kappa shape index (κ2) is 5.90. The molecular weight excluding hydrogens is 223 g/mol. The number of amides is 1. The van der Waals surface area contributed by atoms with E-state index < -0.39 is 23.2 Å². The van der Waals surface area contributed by atoms with Gasteiger partial charge in [-0.25, -0.2) is 0 Å². The van der Waals surface area contributed by atoms with Gasteiger partial charge in [0.25, 0.3) is 5.91 Å². The maximum Gasteiger partial charge on any atom is 0.413 e. The summed E-state index contributed by atoms with van der Waals surface area (Å²) in [5, 5.41) is 10.2. The Hall–Kier alpha value is -1.84. The van der Waals surface area contributed by atoms with Crippen LogP contribution in [0.2, 0.25) is 0 Å². The van der Waals surface area contributed by atoms with E-state index in [9.17, 15) is 18.0 Å². The predicted molar refractivity (Wildman–Crippen MR) is 51.8 cm³/mol. The minimum atomic E-state index is -4.60. The first-order valence-electron chi connectivity index (χ1n) is 4.20. The maximum atomic E-state index is 12.3. The summed E-state index contributed by atoms with van der Waals surface area (Å²) in [7, 11) is 1.25. The van der Waals surface area contributed by atoms with Gasteiger partial charge >= 0.3 is 6.18 Å². The van der Waals surface area contributed by atoms with E-state index in [1.54, 1.807) is 6.07 Å². The van der Waals surface area contributed by atoms with Gasteiger partial charge in [-0.15, -0.1) is 0 Å². The fourth-order valence-electron chi connectivity index (χ4n) is 0.823. The normalized spacial score (nSPS) is 13.2. The minimum absolute atomic E-state index is 0.356. The van der Waals surface area contributed by atoms with E-state index in [-0.39, 0.29) is 6.54 Å². The van der Waals surface area contributed by atoms with Crippen LogP contribution in [0.15, 0.2) is 16.1 Å². The molecule has 0 aromatic carbocycles. The quantitative estimate of drug-likeness (QED) is 0.452. The third-order valence-corrected chi connectivity index (χ3v) is 1.66. The van der Waals surface area contributed by atoms with Crippen molar-refractivity contribution in [1.29, 1.82) is 5.26 Å². The van der Waals surface area contributed by atoms with Gasteiger partial charge in [-0.3, -0.25) is 9.79 Å². The van der Waals surface area contributed by atoms with E-state index in [2.05, 4.69) is 4.99 Å². The number of rotatable bonds is 3. The Morgan fingerprint density at radius 3 is 2.50 bits per heavy atom. The van der Waals surface area contributed by atoms with Crippen molar-refractivity contribution < 1.29 is 18.0 Å².